The topological polar surface area (TPSA) is 122 Å². The van der Waals surface area contributed by atoms with Crippen LogP contribution in [0.3, 0.4) is 0 Å². The van der Waals surface area contributed by atoms with Crippen molar-refractivity contribution in [3.8, 4) is 17.4 Å². The zero-order valence-electron chi connectivity index (χ0n) is 20.0. The van der Waals surface area contributed by atoms with Crippen molar-refractivity contribution in [3.05, 3.63) is 47.7 Å². The number of Topliss-reactive ketones (excluding diaryl/α,β-unsaturated/α-hetero) is 1. The maximum absolute atomic E-state index is 14.9. The number of ketones is 1. The van der Waals surface area contributed by atoms with Gasteiger partial charge in [-0.1, -0.05) is 6.58 Å². The summed E-state index contributed by atoms with van der Waals surface area (Å²) in [5, 5.41) is 4.73. The van der Waals surface area contributed by atoms with Crippen LogP contribution in [0.4, 0.5) is 14.6 Å². The summed E-state index contributed by atoms with van der Waals surface area (Å²) < 4.78 is 47.0. The highest BCUT2D eigenvalue weighted by molar-refractivity contribution is 6.09. The van der Waals surface area contributed by atoms with Crippen LogP contribution in [0, 0.1) is 11.6 Å². The van der Waals surface area contributed by atoms with E-state index in [4.69, 9.17) is 19.9 Å². The van der Waals surface area contributed by atoms with Crippen molar-refractivity contribution in [1.29, 1.82) is 0 Å². The molecule has 10 nitrogen and oxygen atoms in total. The average Bonchev–Trinajstić information content (AvgIpc) is 3.49. The summed E-state index contributed by atoms with van der Waals surface area (Å²) in [6.07, 6.45) is 3.12. The molecule has 36 heavy (non-hydrogen) atoms. The lowest BCUT2D eigenvalue weighted by atomic mass is 10.1. The van der Waals surface area contributed by atoms with Crippen LogP contribution in [0.1, 0.15) is 35.3 Å². The lowest BCUT2D eigenvalue weighted by Gasteiger charge is -2.15. The maximum Gasteiger partial charge on any atom is 0.246 e. The van der Waals surface area contributed by atoms with Crippen molar-refractivity contribution >= 4 is 28.4 Å². The highest BCUT2D eigenvalue weighted by Gasteiger charge is 2.31. The highest BCUT2D eigenvalue weighted by Crippen LogP contribution is 2.37. The summed E-state index contributed by atoms with van der Waals surface area (Å²) in [6, 6.07) is 0.787. The lowest BCUT2D eigenvalue weighted by molar-refractivity contribution is -0.125. The molecule has 1 saturated heterocycles. The van der Waals surface area contributed by atoms with Gasteiger partial charge in [0.1, 0.15) is 17.8 Å². The number of anilines is 1. The third kappa shape index (κ3) is 4.18. The summed E-state index contributed by atoms with van der Waals surface area (Å²) in [4.78, 5) is 30.2. The molecule has 1 atom stereocenters. The molecule has 1 amide bonds. The smallest absolute Gasteiger partial charge is 0.246 e. The number of carbonyl (C=O) groups excluding carboxylic acids is 2. The fourth-order valence-corrected chi connectivity index (χ4v) is 4.26. The molecular formula is C24H25F2N5O5. The molecule has 1 aromatic carbocycles. The van der Waals surface area contributed by atoms with E-state index in [1.165, 1.54) is 33.4 Å². The third-order valence-electron chi connectivity index (χ3n) is 6.11. The molecule has 4 rings (SSSR count). The predicted molar refractivity (Wildman–Crippen MR) is 126 cm³/mol. The van der Waals surface area contributed by atoms with Crippen LogP contribution in [0.5, 0.6) is 17.4 Å². The van der Waals surface area contributed by atoms with Crippen LogP contribution in [-0.2, 0) is 11.4 Å². The second-order valence-electron chi connectivity index (χ2n) is 8.19. The van der Waals surface area contributed by atoms with Gasteiger partial charge in [-0.25, -0.2) is 13.8 Å². The molecule has 190 valence electrons. The lowest BCUT2D eigenvalue weighted by Crippen LogP contribution is -2.27. The van der Waals surface area contributed by atoms with Crippen LogP contribution >= 0.6 is 0 Å². The van der Waals surface area contributed by atoms with E-state index < -0.39 is 23.8 Å². The molecule has 1 fully saturated rings. The van der Waals surface area contributed by atoms with Crippen LogP contribution in [0.2, 0.25) is 0 Å². The van der Waals surface area contributed by atoms with E-state index in [1.807, 2.05) is 0 Å². The molecule has 1 aliphatic rings. The SMILES string of the molecule is C=CC(=O)N1CCC(n2nc(OCc3c(F)c(OC)cc(OC)c3F)c3c(N)ncc(C(C)=O)c32)C1. The van der Waals surface area contributed by atoms with Crippen molar-refractivity contribution in [2.75, 3.05) is 33.0 Å². The van der Waals surface area contributed by atoms with Gasteiger partial charge in [-0.2, -0.15) is 0 Å². The van der Waals surface area contributed by atoms with Crippen LogP contribution in [0.15, 0.2) is 24.9 Å². The number of carbonyl (C=O) groups is 2. The summed E-state index contributed by atoms with van der Waals surface area (Å²) in [5.74, 6) is -2.90. The molecule has 0 radical (unpaired) electrons. The zero-order chi connectivity index (χ0) is 26.1. The number of benzene rings is 1. The summed E-state index contributed by atoms with van der Waals surface area (Å²) in [5.41, 5.74) is 6.31. The maximum atomic E-state index is 14.9. The molecule has 0 saturated carbocycles. The van der Waals surface area contributed by atoms with Gasteiger partial charge in [0.2, 0.25) is 11.8 Å². The summed E-state index contributed by atoms with van der Waals surface area (Å²) in [7, 11) is 2.49. The van der Waals surface area contributed by atoms with Crippen LogP contribution < -0.4 is 19.9 Å². The standard InChI is InChI=1S/C24H25F2N5O5/c1-5-18(33)30-7-6-13(10-30)31-22-14(12(2)32)9-28-23(27)19(22)24(29-31)36-11-15-20(25)16(34-3)8-17(35-4)21(15)26/h5,8-9,13H,1,6-7,10-11H2,2-4H3,(H2,27,28). The van der Waals surface area contributed by atoms with Crippen molar-refractivity contribution in [2.24, 2.45) is 0 Å². The molecule has 1 aliphatic heterocycles. The number of aromatic nitrogens is 3. The molecule has 0 aliphatic carbocycles. The minimum atomic E-state index is -0.954. The van der Waals surface area contributed by atoms with Gasteiger partial charge in [0.25, 0.3) is 0 Å². The number of halogens is 2. The second-order valence-corrected chi connectivity index (χ2v) is 8.19. The van der Waals surface area contributed by atoms with E-state index in [1.54, 1.807) is 9.58 Å². The number of pyridine rings is 1. The molecule has 3 aromatic rings. The monoisotopic (exact) mass is 501 g/mol. The quantitative estimate of drug-likeness (QED) is 0.369. The minimum Gasteiger partial charge on any atom is -0.494 e. The molecule has 0 bridgehead atoms. The number of likely N-dealkylation sites (tertiary alicyclic amines) is 1. The fourth-order valence-electron chi connectivity index (χ4n) is 4.26. The highest BCUT2D eigenvalue weighted by atomic mass is 19.1. The Balaban J connectivity index is 1.80. The Morgan fingerprint density at radius 3 is 2.50 bits per heavy atom. The first-order valence-corrected chi connectivity index (χ1v) is 11.0. The van der Waals surface area contributed by atoms with Gasteiger partial charge in [-0.05, 0) is 19.4 Å². The number of nitrogen functional groups attached to an aromatic ring is 1. The number of hydrogen-bond acceptors (Lipinski definition) is 8. The van der Waals surface area contributed by atoms with Gasteiger partial charge in [0.05, 0.1) is 36.9 Å². The van der Waals surface area contributed by atoms with Gasteiger partial charge >= 0.3 is 0 Å². The first-order valence-electron chi connectivity index (χ1n) is 11.0. The van der Waals surface area contributed by atoms with Crippen molar-refractivity contribution in [2.45, 2.75) is 26.0 Å². The van der Waals surface area contributed by atoms with Crippen LogP contribution in [0.25, 0.3) is 10.9 Å². The minimum absolute atomic E-state index is 0.0254. The third-order valence-corrected chi connectivity index (χ3v) is 6.11. The molecule has 12 heteroatoms. The first-order chi connectivity index (χ1) is 17.2. The normalized spacial score (nSPS) is 15.2. The Hall–Kier alpha value is -4.22. The Bertz CT molecular complexity index is 1340. The molecule has 2 aromatic heterocycles. The van der Waals surface area contributed by atoms with E-state index in [0.29, 0.717) is 25.0 Å². The van der Waals surface area contributed by atoms with E-state index in [9.17, 15) is 18.4 Å². The number of ether oxygens (including phenoxy) is 3. The zero-order valence-corrected chi connectivity index (χ0v) is 20.0. The molecule has 2 N–H and O–H groups in total. The molecule has 1 unspecified atom stereocenters. The van der Waals surface area contributed by atoms with Gasteiger partial charge in [-0.15, -0.1) is 5.10 Å². The van der Waals surface area contributed by atoms with E-state index >= 15 is 0 Å². The molecule has 3 heterocycles. The number of amides is 1. The Morgan fingerprint density at radius 2 is 1.92 bits per heavy atom. The van der Waals surface area contributed by atoms with Crippen molar-refractivity contribution < 1.29 is 32.6 Å². The van der Waals surface area contributed by atoms with Gasteiger partial charge < -0.3 is 24.8 Å². The van der Waals surface area contributed by atoms with Gasteiger partial charge in [-0.3, -0.25) is 14.3 Å². The number of rotatable bonds is 8. The number of hydrogen-bond donors (Lipinski definition) is 1. The Kier molecular flexibility index (Phi) is 6.77. The van der Waals surface area contributed by atoms with Gasteiger partial charge in [0.15, 0.2) is 28.9 Å². The van der Waals surface area contributed by atoms with E-state index in [0.717, 1.165) is 6.07 Å². The second kappa shape index (κ2) is 9.80. The predicted octanol–water partition coefficient (Wildman–Crippen LogP) is 3.05. The fraction of sp³-hybridized carbons (Fsp3) is 0.333. The number of nitrogens with zero attached hydrogens (tertiary/aromatic N) is 4. The molecular weight excluding hydrogens is 476 g/mol. The van der Waals surface area contributed by atoms with Crippen LogP contribution in [-0.4, -0.2) is 58.7 Å². The number of methoxy groups -OCH3 is 2. The number of fused-ring (bicyclic) bond motifs is 1. The van der Waals surface area contributed by atoms with Crippen molar-refractivity contribution in [3.63, 3.8) is 0 Å². The Morgan fingerprint density at radius 1 is 1.25 bits per heavy atom. The van der Waals surface area contributed by atoms with Crippen molar-refractivity contribution in [1.82, 2.24) is 19.7 Å². The Labute approximate surface area is 205 Å². The number of nitrogens with two attached hydrogens (primary N) is 1. The van der Waals surface area contributed by atoms with Gasteiger partial charge in [0, 0.05) is 25.4 Å². The first kappa shape index (κ1) is 24.9. The summed E-state index contributed by atoms with van der Waals surface area (Å²) >= 11 is 0. The molecule has 0 spiro atoms. The van der Waals surface area contributed by atoms with E-state index in [-0.39, 0.29) is 51.9 Å². The largest absolute Gasteiger partial charge is 0.494 e. The average molecular weight is 501 g/mol. The summed E-state index contributed by atoms with van der Waals surface area (Å²) in [6.45, 7) is 5.09. The van der Waals surface area contributed by atoms with E-state index in [2.05, 4.69) is 16.7 Å².